The van der Waals surface area contributed by atoms with Crippen molar-refractivity contribution in [2.45, 2.75) is 18.6 Å². The minimum atomic E-state index is -0.278. The number of carbonyl (C=O) groups is 2. The summed E-state index contributed by atoms with van der Waals surface area (Å²) in [6, 6.07) is 7.40. The van der Waals surface area contributed by atoms with Crippen LogP contribution in [0.15, 0.2) is 42.0 Å². The molecule has 1 aliphatic heterocycles. The number of amides is 2. The van der Waals surface area contributed by atoms with Crippen LogP contribution in [0, 0.1) is 0 Å². The van der Waals surface area contributed by atoms with Crippen molar-refractivity contribution in [3.8, 4) is 0 Å². The summed E-state index contributed by atoms with van der Waals surface area (Å²) in [4.78, 5) is 25.0. The number of halogens is 1. The Kier molecular flexibility index (Phi) is 5.63. The first-order chi connectivity index (χ1) is 10.5. The second kappa shape index (κ2) is 7.47. The fourth-order valence-electron chi connectivity index (χ4n) is 1.98. The largest absolute Gasteiger partial charge is 0.285 e. The summed E-state index contributed by atoms with van der Waals surface area (Å²) >= 11 is 7.20. The van der Waals surface area contributed by atoms with E-state index in [1.54, 1.807) is 18.2 Å². The maximum absolute atomic E-state index is 12.5. The standard InChI is InChI=1S/C15H16ClN3O2S/c1-3-8-19-14(21)13(22-15(19)18-17-10(2)20)9-11-4-6-12(16)7-5-11/h3-7,13H,1,8-9H2,2H3,(H,17,20). The highest BCUT2D eigenvalue weighted by atomic mass is 35.5. The van der Waals surface area contributed by atoms with E-state index in [1.807, 2.05) is 12.1 Å². The summed E-state index contributed by atoms with van der Waals surface area (Å²) in [6.07, 6.45) is 2.21. The minimum absolute atomic E-state index is 0.0380. The summed E-state index contributed by atoms with van der Waals surface area (Å²) in [5, 5.41) is 4.87. The lowest BCUT2D eigenvalue weighted by Gasteiger charge is -2.13. The van der Waals surface area contributed by atoms with Crippen LogP contribution in [0.3, 0.4) is 0 Å². The van der Waals surface area contributed by atoms with Crippen LogP contribution >= 0.6 is 23.4 Å². The number of thioether (sulfide) groups is 1. The first kappa shape index (κ1) is 16.6. The summed E-state index contributed by atoms with van der Waals surface area (Å²) in [7, 11) is 0. The van der Waals surface area contributed by atoms with E-state index in [1.165, 1.54) is 23.6 Å². The molecule has 1 fully saturated rings. The van der Waals surface area contributed by atoms with Gasteiger partial charge >= 0.3 is 0 Å². The van der Waals surface area contributed by atoms with Crippen molar-refractivity contribution in [1.82, 2.24) is 10.3 Å². The van der Waals surface area contributed by atoms with Gasteiger partial charge < -0.3 is 0 Å². The van der Waals surface area contributed by atoms with E-state index in [9.17, 15) is 9.59 Å². The van der Waals surface area contributed by atoms with Crippen LogP contribution in [-0.4, -0.2) is 33.7 Å². The van der Waals surface area contributed by atoms with Crippen molar-refractivity contribution in [3.63, 3.8) is 0 Å². The lowest BCUT2D eigenvalue weighted by Crippen LogP contribution is -2.34. The molecule has 0 aliphatic carbocycles. The third-order valence-electron chi connectivity index (χ3n) is 2.98. The minimum Gasteiger partial charge on any atom is -0.285 e. The smallest absolute Gasteiger partial charge is 0.242 e. The van der Waals surface area contributed by atoms with Crippen LogP contribution in [-0.2, 0) is 16.0 Å². The molecule has 22 heavy (non-hydrogen) atoms. The van der Waals surface area contributed by atoms with Crippen LogP contribution in [0.2, 0.25) is 5.02 Å². The molecule has 5 nitrogen and oxygen atoms in total. The molecule has 7 heteroatoms. The normalized spacial score (nSPS) is 19.5. The van der Waals surface area contributed by atoms with Gasteiger partial charge in [-0.1, -0.05) is 41.6 Å². The Hall–Kier alpha value is -1.79. The molecule has 2 amide bonds. The lowest BCUT2D eigenvalue weighted by atomic mass is 10.1. The first-order valence-electron chi connectivity index (χ1n) is 6.69. The summed E-state index contributed by atoms with van der Waals surface area (Å²) < 4.78 is 0. The van der Waals surface area contributed by atoms with Gasteiger partial charge in [0.15, 0.2) is 5.17 Å². The monoisotopic (exact) mass is 337 g/mol. The van der Waals surface area contributed by atoms with Gasteiger partial charge in [-0.15, -0.1) is 11.7 Å². The molecule has 2 rings (SSSR count). The Balaban J connectivity index is 2.14. The van der Waals surface area contributed by atoms with Gasteiger partial charge in [0.2, 0.25) is 11.8 Å². The van der Waals surface area contributed by atoms with Gasteiger partial charge in [0.05, 0.1) is 5.25 Å². The molecule has 1 aromatic rings. The lowest BCUT2D eigenvalue weighted by molar-refractivity contribution is -0.126. The van der Waals surface area contributed by atoms with Crippen LogP contribution in [0.1, 0.15) is 12.5 Å². The summed E-state index contributed by atoms with van der Waals surface area (Å²) in [6.45, 7) is 5.38. The number of rotatable bonds is 5. The highest BCUT2D eigenvalue weighted by molar-refractivity contribution is 8.15. The number of benzene rings is 1. The molecule has 1 heterocycles. The number of hydrogen-bond acceptors (Lipinski definition) is 4. The summed E-state index contributed by atoms with van der Waals surface area (Å²) in [5.74, 6) is -0.316. The van der Waals surface area contributed by atoms with Gasteiger partial charge in [0.25, 0.3) is 0 Å². The maximum atomic E-state index is 12.5. The molecule has 116 valence electrons. The highest BCUT2D eigenvalue weighted by Gasteiger charge is 2.37. The zero-order valence-electron chi connectivity index (χ0n) is 12.1. The van der Waals surface area contributed by atoms with Gasteiger partial charge in [-0.2, -0.15) is 0 Å². The average Bonchev–Trinajstić information content (AvgIpc) is 2.77. The van der Waals surface area contributed by atoms with Crippen molar-refractivity contribution < 1.29 is 9.59 Å². The van der Waals surface area contributed by atoms with Crippen LogP contribution in [0.5, 0.6) is 0 Å². The predicted octanol–water partition coefficient (Wildman–Crippen LogP) is 2.42. The quantitative estimate of drug-likeness (QED) is 0.663. The van der Waals surface area contributed by atoms with Gasteiger partial charge in [0, 0.05) is 18.5 Å². The van der Waals surface area contributed by atoms with Gasteiger partial charge in [-0.25, -0.2) is 5.43 Å². The topological polar surface area (TPSA) is 61.8 Å². The second-order valence-corrected chi connectivity index (χ2v) is 6.34. The van der Waals surface area contributed by atoms with E-state index in [0.717, 1.165) is 5.56 Å². The Morgan fingerprint density at radius 1 is 1.50 bits per heavy atom. The molecule has 1 aromatic carbocycles. The van der Waals surface area contributed by atoms with E-state index in [-0.39, 0.29) is 17.1 Å². The van der Waals surface area contributed by atoms with Gasteiger partial charge in [-0.3, -0.25) is 14.5 Å². The molecule has 1 aliphatic rings. The number of nitrogens with zero attached hydrogens (tertiary/aromatic N) is 2. The molecule has 0 bridgehead atoms. The third kappa shape index (κ3) is 4.11. The maximum Gasteiger partial charge on any atom is 0.242 e. The van der Waals surface area contributed by atoms with E-state index in [0.29, 0.717) is 23.2 Å². The van der Waals surface area contributed by atoms with Gasteiger partial charge in [0.1, 0.15) is 0 Å². The number of nitrogens with one attached hydrogen (secondary N) is 1. The van der Waals surface area contributed by atoms with Crippen LogP contribution in [0.25, 0.3) is 0 Å². The SMILES string of the molecule is C=CCN1C(=O)C(Cc2ccc(Cl)cc2)SC1=NNC(C)=O. The van der Waals surface area contributed by atoms with Crippen molar-refractivity contribution in [1.29, 1.82) is 0 Å². The molecule has 1 saturated heterocycles. The molecule has 1 unspecified atom stereocenters. The molecule has 0 radical (unpaired) electrons. The molecular weight excluding hydrogens is 322 g/mol. The van der Waals surface area contributed by atoms with E-state index >= 15 is 0 Å². The van der Waals surface area contributed by atoms with Crippen LogP contribution in [0.4, 0.5) is 0 Å². The Bertz CT molecular complexity index is 616. The molecule has 0 aromatic heterocycles. The molecule has 0 saturated carbocycles. The van der Waals surface area contributed by atoms with Crippen molar-refractivity contribution in [2.75, 3.05) is 6.54 Å². The number of hydrogen-bond donors (Lipinski definition) is 1. The molecular formula is C15H16ClN3O2S. The Morgan fingerprint density at radius 3 is 2.77 bits per heavy atom. The number of amidine groups is 1. The van der Waals surface area contributed by atoms with E-state index < -0.39 is 0 Å². The molecule has 0 spiro atoms. The Morgan fingerprint density at radius 2 is 2.18 bits per heavy atom. The highest BCUT2D eigenvalue weighted by Crippen LogP contribution is 2.29. The fraction of sp³-hybridized carbons (Fsp3) is 0.267. The fourth-order valence-corrected chi connectivity index (χ4v) is 3.26. The zero-order valence-corrected chi connectivity index (χ0v) is 13.7. The Labute approximate surface area is 138 Å². The molecule has 1 atom stereocenters. The summed E-state index contributed by atoms with van der Waals surface area (Å²) in [5.41, 5.74) is 3.39. The van der Waals surface area contributed by atoms with Crippen LogP contribution < -0.4 is 5.43 Å². The van der Waals surface area contributed by atoms with Gasteiger partial charge in [-0.05, 0) is 24.1 Å². The predicted molar refractivity (Wildman–Crippen MR) is 89.7 cm³/mol. The van der Waals surface area contributed by atoms with E-state index in [4.69, 9.17) is 11.6 Å². The zero-order chi connectivity index (χ0) is 16.1. The van der Waals surface area contributed by atoms with Crippen molar-refractivity contribution in [3.05, 3.63) is 47.5 Å². The van der Waals surface area contributed by atoms with Crippen molar-refractivity contribution >= 4 is 40.3 Å². The molecule has 1 N–H and O–H groups in total. The average molecular weight is 338 g/mol. The third-order valence-corrected chi connectivity index (χ3v) is 4.40. The first-order valence-corrected chi connectivity index (χ1v) is 7.94. The second-order valence-electron chi connectivity index (χ2n) is 4.74. The van der Waals surface area contributed by atoms with E-state index in [2.05, 4.69) is 17.1 Å². The van der Waals surface area contributed by atoms with Crippen molar-refractivity contribution in [2.24, 2.45) is 5.10 Å². The number of hydrazone groups is 1. The number of carbonyl (C=O) groups excluding carboxylic acids is 2.